The normalized spacial score (nSPS) is 22.7. The van der Waals surface area contributed by atoms with Gasteiger partial charge in [-0.05, 0) is 74.6 Å². The number of nitrogens with zero attached hydrogens (tertiary/aromatic N) is 4. The number of fused-ring (bicyclic) bond motifs is 3. The number of nitrogens with one attached hydrogen (secondary N) is 3. The molecule has 15 heteroatoms. The van der Waals surface area contributed by atoms with Crippen molar-refractivity contribution in [2.45, 2.75) is 76.9 Å². The molecule has 0 unspecified atom stereocenters. The Kier molecular flexibility index (Phi) is 11.6. The number of ether oxygens (including phenoxy) is 1. The fourth-order valence-corrected chi connectivity index (χ4v) is 10.1. The summed E-state index contributed by atoms with van der Waals surface area (Å²) in [5, 5.41) is 19.5. The lowest BCUT2D eigenvalue weighted by molar-refractivity contribution is -0.148. The molecule has 4 heterocycles. The number of anilines is 1. The predicted octanol–water partition coefficient (Wildman–Crippen LogP) is 7.67. The van der Waals surface area contributed by atoms with Crippen LogP contribution in [0, 0.1) is 10.8 Å². The molecule has 310 valence electrons. The van der Waals surface area contributed by atoms with Crippen LogP contribution in [0.2, 0.25) is 10.0 Å². The fourth-order valence-electron chi connectivity index (χ4n) is 9.55. The molecule has 4 aromatic rings. The van der Waals surface area contributed by atoms with E-state index in [1.165, 1.54) is 19.3 Å². The minimum absolute atomic E-state index is 0.0547. The number of hydrogen-bond donors (Lipinski definition) is 4. The SMILES string of the molecule is COc1cc(/C(F)=C/c2cccc(-c3cccc(NC(=O)c4nc5c(n4C)CCN(CCC46CCC(C(=O)O)(CC4)C6)C5)c3Cl)c2Cl)ncc1CNC[C@@H]1CCC(=O)N1. The van der Waals surface area contributed by atoms with Gasteiger partial charge in [0.1, 0.15) is 17.3 Å². The number of methoxy groups -OCH3 is 1. The van der Waals surface area contributed by atoms with Crippen molar-refractivity contribution in [3.8, 4) is 16.9 Å². The van der Waals surface area contributed by atoms with E-state index >= 15 is 4.39 Å². The summed E-state index contributed by atoms with van der Waals surface area (Å²) >= 11 is 13.9. The van der Waals surface area contributed by atoms with Gasteiger partial charge in [0.15, 0.2) is 5.82 Å². The summed E-state index contributed by atoms with van der Waals surface area (Å²) in [5.41, 5.74) is 4.21. The van der Waals surface area contributed by atoms with E-state index in [-0.39, 0.29) is 38.9 Å². The van der Waals surface area contributed by atoms with Crippen molar-refractivity contribution in [1.82, 2.24) is 30.1 Å². The fraction of sp³-hybridized carbons (Fsp3) is 0.432. The number of carboxylic acid groups (broad SMARTS) is 1. The number of benzene rings is 2. The molecular weight excluding hydrogens is 796 g/mol. The number of carbonyl (C=O) groups excluding carboxylic acids is 2. The number of pyridine rings is 1. The summed E-state index contributed by atoms with van der Waals surface area (Å²) in [7, 11) is 3.37. The van der Waals surface area contributed by atoms with Gasteiger partial charge in [-0.1, -0.05) is 53.5 Å². The van der Waals surface area contributed by atoms with Crippen LogP contribution in [0.15, 0.2) is 48.7 Å². The van der Waals surface area contributed by atoms with Crippen LogP contribution < -0.4 is 20.7 Å². The van der Waals surface area contributed by atoms with Gasteiger partial charge < -0.3 is 30.4 Å². The molecule has 0 spiro atoms. The molecule has 3 fully saturated rings. The molecule has 0 radical (unpaired) electrons. The zero-order chi connectivity index (χ0) is 41.5. The van der Waals surface area contributed by atoms with E-state index in [9.17, 15) is 19.5 Å². The Morgan fingerprint density at radius 1 is 1.10 bits per heavy atom. The number of carbonyl (C=O) groups is 3. The monoisotopic (exact) mass is 843 g/mol. The van der Waals surface area contributed by atoms with E-state index < -0.39 is 23.1 Å². The van der Waals surface area contributed by atoms with Crippen molar-refractivity contribution in [2.24, 2.45) is 17.9 Å². The third kappa shape index (κ3) is 8.22. The van der Waals surface area contributed by atoms with Gasteiger partial charge in [0.2, 0.25) is 5.91 Å². The number of imidazole rings is 1. The summed E-state index contributed by atoms with van der Waals surface area (Å²) in [6, 6.07) is 12.1. The van der Waals surface area contributed by atoms with Gasteiger partial charge in [0.05, 0.1) is 34.0 Å². The first-order chi connectivity index (χ1) is 28.4. The Morgan fingerprint density at radius 2 is 1.86 bits per heavy atom. The second-order valence-electron chi connectivity index (χ2n) is 16.6. The highest BCUT2D eigenvalue weighted by Crippen LogP contribution is 2.63. The van der Waals surface area contributed by atoms with E-state index in [1.807, 2.05) is 11.6 Å². The molecule has 1 atom stereocenters. The van der Waals surface area contributed by atoms with Crippen LogP contribution in [-0.4, -0.2) is 75.1 Å². The molecule has 2 saturated carbocycles. The standard InChI is InChI=1S/C44H48Cl2FN7O5/c1-53-35-11-17-54(18-16-43-12-14-44(25-43,15-13-43)42(57)58)24-34(35)51-40(53)41(56)52-32-8-4-7-30(39(32)46)29-6-3-5-26(38(29)45)19-31(47)33-20-36(59-2)27(22-49-33)21-48-23-28-9-10-37(55)50-28/h3-8,19-20,22,28,48H,9-18,21,23-25H2,1-2H3,(H,50,55)(H,52,56)(H,57,58)/b31-19-/t28-,43?,44?/m0/s1. The van der Waals surface area contributed by atoms with Crippen LogP contribution in [0.25, 0.3) is 23.0 Å². The highest BCUT2D eigenvalue weighted by Gasteiger charge is 2.57. The number of aromatic nitrogens is 3. The molecule has 2 aromatic carbocycles. The quantitative estimate of drug-likeness (QED) is 0.100. The third-order valence-electron chi connectivity index (χ3n) is 13.0. The lowest BCUT2D eigenvalue weighted by atomic mass is 9.80. The minimum atomic E-state index is -0.637. The van der Waals surface area contributed by atoms with Gasteiger partial charge in [-0.2, -0.15) is 0 Å². The molecule has 1 saturated heterocycles. The maximum Gasteiger partial charge on any atom is 0.309 e. The third-order valence-corrected chi connectivity index (χ3v) is 13.8. The molecule has 59 heavy (non-hydrogen) atoms. The first kappa shape index (κ1) is 40.9. The highest BCUT2D eigenvalue weighted by atomic mass is 35.5. The molecule has 4 N–H and O–H groups in total. The van der Waals surface area contributed by atoms with Gasteiger partial charge in [-0.25, -0.2) is 9.37 Å². The van der Waals surface area contributed by atoms with Crippen LogP contribution in [0.5, 0.6) is 5.75 Å². The van der Waals surface area contributed by atoms with E-state index in [4.69, 9.17) is 32.9 Å². The summed E-state index contributed by atoms with van der Waals surface area (Å²) in [6.45, 7) is 3.40. The molecule has 2 amide bonds. The molecule has 2 aliphatic heterocycles. The van der Waals surface area contributed by atoms with Crippen LogP contribution in [0.4, 0.5) is 10.1 Å². The highest BCUT2D eigenvalue weighted by molar-refractivity contribution is 6.39. The first-order valence-electron chi connectivity index (χ1n) is 20.2. The van der Waals surface area contributed by atoms with Crippen LogP contribution in [-0.2, 0) is 36.1 Å². The Bertz CT molecular complexity index is 2340. The van der Waals surface area contributed by atoms with Crippen LogP contribution in [0.1, 0.15) is 90.2 Å². The average molecular weight is 845 g/mol. The lowest BCUT2D eigenvalue weighted by Crippen LogP contribution is -2.35. The topological polar surface area (TPSA) is 151 Å². The van der Waals surface area contributed by atoms with Gasteiger partial charge in [0.25, 0.3) is 5.91 Å². The molecule has 2 bridgehead atoms. The molecule has 2 aliphatic carbocycles. The predicted molar refractivity (Wildman–Crippen MR) is 225 cm³/mol. The maximum absolute atomic E-state index is 15.8. The van der Waals surface area contributed by atoms with Crippen molar-refractivity contribution >= 4 is 58.6 Å². The van der Waals surface area contributed by atoms with Crippen LogP contribution >= 0.6 is 23.2 Å². The summed E-state index contributed by atoms with van der Waals surface area (Å²) < 4.78 is 23.2. The average Bonchev–Trinajstić information content (AvgIpc) is 4.01. The smallest absolute Gasteiger partial charge is 0.309 e. The van der Waals surface area contributed by atoms with E-state index in [0.717, 1.165) is 81.4 Å². The van der Waals surface area contributed by atoms with Crippen molar-refractivity contribution in [1.29, 1.82) is 0 Å². The van der Waals surface area contributed by atoms with E-state index in [0.29, 0.717) is 54.2 Å². The number of rotatable bonds is 14. The number of hydrogen-bond acceptors (Lipinski definition) is 8. The molecule has 4 aliphatic rings. The number of amides is 2. The summed E-state index contributed by atoms with van der Waals surface area (Å²) in [6.07, 6.45) is 10.2. The summed E-state index contributed by atoms with van der Waals surface area (Å²) in [5.74, 6) is -0.841. The second-order valence-corrected chi connectivity index (χ2v) is 17.3. The molecule has 8 rings (SSSR count). The molecule has 2 aromatic heterocycles. The first-order valence-corrected chi connectivity index (χ1v) is 20.9. The number of carboxylic acids is 1. The van der Waals surface area contributed by atoms with Gasteiger partial charge in [-0.3, -0.25) is 24.3 Å². The number of halogens is 3. The van der Waals surface area contributed by atoms with Gasteiger partial charge >= 0.3 is 5.97 Å². The van der Waals surface area contributed by atoms with Crippen molar-refractivity contribution in [3.05, 3.63) is 92.7 Å². The van der Waals surface area contributed by atoms with Crippen molar-refractivity contribution in [2.75, 3.05) is 32.1 Å². The van der Waals surface area contributed by atoms with E-state index in [2.05, 4.69) is 25.8 Å². The largest absolute Gasteiger partial charge is 0.496 e. The zero-order valence-electron chi connectivity index (χ0n) is 33.2. The summed E-state index contributed by atoms with van der Waals surface area (Å²) in [4.78, 5) is 48.7. The molecular formula is C44H48Cl2FN7O5. The Hall–Kier alpha value is -4.82. The Balaban J connectivity index is 0.929. The van der Waals surface area contributed by atoms with Gasteiger partial charge in [0, 0.05) is 86.8 Å². The van der Waals surface area contributed by atoms with Crippen molar-refractivity contribution < 1.29 is 28.6 Å². The second kappa shape index (κ2) is 16.7. The minimum Gasteiger partial charge on any atom is -0.496 e. The Labute approximate surface area is 352 Å². The van der Waals surface area contributed by atoms with Crippen molar-refractivity contribution in [3.63, 3.8) is 0 Å². The van der Waals surface area contributed by atoms with E-state index in [1.54, 1.807) is 42.6 Å². The maximum atomic E-state index is 15.8. The van der Waals surface area contributed by atoms with Gasteiger partial charge in [-0.15, -0.1) is 0 Å². The number of aliphatic carboxylic acids is 1. The Morgan fingerprint density at radius 3 is 2.58 bits per heavy atom. The zero-order valence-corrected chi connectivity index (χ0v) is 34.7. The molecule has 12 nitrogen and oxygen atoms in total. The lowest BCUT2D eigenvalue weighted by Gasteiger charge is -2.32. The van der Waals surface area contributed by atoms with Crippen LogP contribution in [0.3, 0.4) is 0 Å².